The second kappa shape index (κ2) is 4.10. The molecule has 0 saturated heterocycles. The zero-order chi connectivity index (χ0) is 12.7. The topological polar surface area (TPSA) is 38.9 Å². The average Bonchev–Trinajstić information content (AvgIpc) is 2.75. The largest absolute Gasteiger partial charge is 0.399 e. The third-order valence-corrected chi connectivity index (χ3v) is 4.13. The van der Waals surface area contributed by atoms with Crippen LogP contribution in [-0.2, 0) is 0 Å². The minimum atomic E-state index is 0.829. The number of rotatable bonds is 1. The molecule has 2 nitrogen and oxygen atoms in total. The molecule has 0 amide bonds. The van der Waals surface area contributed by atoms with Crippen LogP contribution in [0.3, 0.4) is 0 Å². The highest BCUT2D eigenvalue weighted by atomic mass is 32.1. The fraction of sp³-hybridized carbons (Fsp3) is 0.133. The number of anilines is 1. The van der Waals surface area contributed by atoms with Gasteiger partial charge in [-0.25, -0.2) is 4.98 Å². The minimum Gasteiger partial charge on any atom is -0.399 e. The van der Waals surface area contributed by atoms with E-state index in [1.165, 1.54) is 10.3 Å². The van der Waals surface area contributed by atoms with Gasteiger partial charge in [0.05, 0.1) is 10.2 Å². The molecule has 0 atom stereocenters. The van der Waals surface area contributed by atoms with Gasteiger partial charge in [-0.1, -0.05) is 6.07 Å². The first-order valence-electron chi connectivity index (χ1n) is 5.87. The molecule has 0 unspecified atom stereocenters. The zero-order valence-corrected chi connectivity index (χ0v) is 11.2. The maximum Gasteiger partial charge on any atom is 0.124 e. The molecule has 0 spiro atoms. The van der Waals surface area contributed by atoms with Gasteiger partial charge in [-0.05, 0) is 55.3 Å². The summed E-state index contributed by atoms with van der Waals surface area (Å²) in [6, 6.07) is 12.4. The van der Waals surface area contributed by atoms with Crippen LogP contribution in [0.25, 0.3) is 20.8 Å². The Morgan fingerprint density at radius 2 is 1.89 bits per heavy atom. The fourth-order valence-electron chi connectivity index (χ4n) is 1.96. The van der Waals surface area contributed by atoms with Crippen molar-refractivity contribution in [2.75, 3.05) is 5.73 Å². The molecule has 0 aliphatic heterocycles. The standard InChI is InChI=1S/C15H14N2S/c1-9-3-6-13-14(7-9)18-15(17-13)11-4-5-12(16)10(2)8-11/h3-8H,16H2,1-2H3. The fourth-order valence-corrected chi connectivity index (χ4v) is 3.02. The Hall–Kier alpha value is -1.87. The van der Waals surface area contributed by atoms with E-state index in [0.29, 0.717) is 0 Å². The number of nitrogens with two attached hydrogens (primary N) is 1. The number of nitrogens with zero attached hydrogens (tertiary/aromatic N) is 1. The smallest absolute Gasteiger partial charge is 0.124 e. The SMILES string of the molecule is Cc1ccc2nc(-c3ccc(N)c(C)c3)sc2c1. The maximum absolute atomic E-state index is 5.84. The van der Waals surface area contributed by atoms with Gasteiger partial charge < -0.3 is 5.73 Å². The van der Waals surface area contributed by atoms with E-state index in [2.05, 4.69) is 36.2 Å². The molecule has 0 saturated carbocycles. The highest BCUT2D eigenvalue weighted by molar-refractivity contribution is 7.21. The van der Waals surface area contributed by atoms with E-state index < -0.39 is 0 Å². The summed E-state index contributed by atoms with van der Waals surface area (Å²) in [4.78, 5) is 4.67. The van der Waals surface area contributed by atoms with E-state index >= 15 is 0 Å². The van der Waals surface area contributed by atoms with Gasteiger partial charge in [-0.2, -0.15) is 0 Å². The molecular formula is C15H14N2S. The molecule has 90 valence electrons. The van der Waals surface area contributed by atoms with Crippen molar-refractivity contribution in [3.8, 4) is 10.6 Å². The molecule has 0 bridgehead atoms. The lowest BCUT2D eigenvalue weighted by Gasteiger charge is -2.01. The van der Waals surface area contributed by atoms with Crippen LogP contribution in [0.2, 0.25) is 0 Å². The number of aryl methyl sites for hydroxylation is 2. The summed E-state index contributed by atoms with van der Waals surface area (Å²) in [7, 11) is 0. The van der Waals surface area contributed by atoms with Crippen molar-refractivity contribution in [3.05, 3.63) is 47.5 Å². The Labute approximate surface area is 110 Å². The first-order valence-corrected chi connectivity index (χ1v) is 6.69. The molecule has 0 aliphatic rings. The summed E-state index contributed by atoms with van der Waals surface area (Å²) in [5, 5.41) is 1.05. The van der Waals surface area contributed by atoms with Crippen molar-refractivity contribution >= 4 is 27.2 Å². The van der Waals surface area contributed by atoms with Crippen molar-refractivity contribution in [2.45, 2.75) is 13.8 Å². The molecule has 2 aromatic carbocycles. The quantitative estimate of drug-likeness (QED) is 0.662. The summed E-state index contributed by atoms with van der Waals surface area (Å²) >= 11 is 1.73. The molecule has 0 radical (unpaired) electrons. The van der Waals surface area contributed by atoms with E-state index in [1.807, 2.05) is 19.1 Å². The van der Waals surface area contributed by atoms with Crippen LogP contribution >= 0.6 is 11.3 Å². The summed E-state index contributed by atoms with van der Waals surface area (Å²) in [5.74, 6) is 0. The van der Waals surface area contributed by atoms with Crippen molar-refractivity contribution in [2.24, 2.45) is 0 Å². The lowest BCUT2D eigenvalue weighted by atomic mass is 10.1. The predicted molar refractivity (Wildman–Crippen MR) is 78.9 cm³/mol. The molecule has 3 heteroatoms. The number of fused-ring (bicyclic) bond motifs is 1. The summed E-state index contributed by atoms with van der Waals surface area (Å²) in [6.45, 7) is 4.13. The highest BCUT2D eigenvalue weighted by Crippen LogP contribution is 2.31. The number of hydrogen-bond donors (Lipinski definition) is 1. The second-order valence-electron chi connectivity index (χ2n) is 4.56. The average molecular weight is 254 g/mol. The minimum absolute atomic E-state index is 0.829. The Morgan fingerprint density at radius 3 is 2.67 bits per heavy atom. The van der Waals surface area contributed by atoms with Crippen molar-refractivity contribution in [1.29, 1.82) is 0 Å². The first kappa shape index (κ1) is 11.2. The summed E-state index contributed by atoms with van der Waals surface area (Å²) in [6.07, 6.45) is 0. The van der Waals surface area contributed by atoms with E-state index in [0.717, 1.165) is 27.3 Å². The molecular weight excluding hydrogens is 240 g/mol. The molecule has 2 N–H and O–H groups in total. The number of nitrogen functional groups attached to an aromatic ring is 1. The van der Waals surface area contributed by atoms with E-state index in [1.54, 1.807) is 11.3 Å². The number of aromatic nitrogens is 1. The van der Waals surface area contributed by atoms with Crippen LogP contribution in [0.1, 0.15) is 11.1 Å². The molecule has 1 aromatic heterocycles. The van der Waals surface area contributed by atoms with Crippen LogP contribution in [0, 0.1) is 13.8 Å². The summed E-state index contributed by atoms with van der Waals surface area (Å²) in [5.41, 5.74) is 11.2. The molecule has 18 heavy (non-hydrogen) atoms. The molecule has 1 heterocycles. The lowest BCUT2D eigenvalue weighted by Crippen LogP contribution is -1.89. The maximum atomic E-state index is 5.84. The number of benzene rings is 2. The van der Waals surface area contributed by atoms with Gasteiger partial charge in [0.25, 0.3) is 0 Å². The normalized spacial score (nSPS) is 11.0. The van der Waals surface area contributed by atoms with E-state index in [4.69, 9.17) is 5.73 Å². The molecule has 0 aliphatic carbocycles. The van der Waals surface area contributed by atoms with Crippen molar-refractivity contribution < 1.29 is 0 Å². The Bertz CT molecular complexity index is 728. The van der Waals surface area contributed by atoms with Crippen LogP contribution in [0.15, 0.2) is 36.4 Å². The van der Waals surface area contributed by atoms with Crippen LogP contribution < -0.4 is 5.73 Å². The third-order valence-electron chi connectivity index (χ3n) is 3.06. The first-order chi connectivity index (χ1) is 8.63. The predicted octanol–water partition coefficient (Wildman–Crippen LogP) is 4.16. The van der Waals surface area contributed by atoms with Crippen LogP contribution in [0.5, 0.6) is 0 Å². The van der Waals surface area contributed by atoms with Gasteiger partial charge in [-0.15, -0.1) is 11.3 Å². The van der Waals surface area contributed by atoms with Crippen molar-refractivity contribution in [1.82, 2.24) is 4.98 Å². The van der Waals surface area contributed by atoms with Gasteiger partial charge in [0.15, 0.2) is 0 Å². The third kappa shape index (κ3) is 1.87. The molecule has 0 fully saturated rings. The second-order valence-corrected chi connectivity index (χ2v) is 5.59. The molecule has 3 aromatic rings. The monoisotopic (exact) mass is 254 g/mol. The van der Waals surface area contributed by atoms with Gasteiger partial charge in [0.2, 0.25) is 0 Å². The summed E-state index contributed by atoms with van der Waals surface area (Å²) < 4.78 is 1.24. The van der Waals surface area contributed by atoms with Gasteiger partial charge in [0, 0.05) is 11.3 Å². The van der Waals surface area contributed by atoms with Gasteiger partial charge in [0.1, 0.15) is 5.01 Å². The Morgan fingerprint density at radius 1 is 1.06 bits per heavy atom. The van der Waals surface area contributed by atoms with Gasteiger partial charge >= 0.3 is 0 Å². The number of thiazole rings is 1. The molecule has 3 rings (SSSR count). The lowest BCUT2D eigenvalue weighted by molar-refractivity contribution is 1.42. The Balaban J connectivity index is 2.16. The van der Waals surface area contributed by atoms with E-state index in [9.17, 15) is 0 Å². The zero-order valence-electron chi connectivity index (χ0n) is 10.4. The van der Waals surface area contributed by atoms with E-state index in [-0.39, 0.29) is 0 Å². The van der Waals surface area contributed by atoms with Crippen LogP contribution in [0.4, 0.5) is 5.69 Å². The van der Waals surface area contributed by atoms with Crippen LogP contribution in [-0.4, -0.2) is 4.98 Å². The highest BCUT2D eigenvalue weighted by Gasteiger charge is 2.07. The number of hydrogen-bond acceptors (Lipinski definition) is 3. The van der Waals surface area contributed by atoms with Gasteiger partial charge in [-0.3, -0.25) is 0 Å². The Kier molecular flexibility index (Phi) is 2.56. The van der Waals surface area contributed by atoms with Crippen molar-refractivity contribution in [3.63, 3.8) is 0 Å².